The van der Waals surface area contributed by atoms with Gasteiger partial charge in [-0.05, 0) is 44.4 Å². The zero-order valence-corrected chi connectivity index (χ0v) is 27.3. The molecule has 3 heterocycles. The smallest absolute Gasteiger partial charge is 0.234 e. The summed E-state index contributed by atoms with van der Waals surface area (Å²) >= 11 is 0. The average molecular weight is 639 g/mol. The number of aliphatic hydroxyl groups excluding tert-OH is 1. The zero-order valence-electron chi connectivity index (χ0n) is 27.3. The fourth-order valence-electron chi connectivity index (χ4n) is 6.38. The largest absolute Gasteiger partial charge is 0.507 e. The van der Waals surface area contributed by atoms with E-state index in [2.05, 4.69) is 13.8 Å². The van der Waals surface area contributed by atoms with Crippen LogP contribution in [0.2, 0.25) is 0 Å². The molecule has 0 amide bonds. The molecule has 1 aliphatic carbocycles. The lowest BCUT2D eigenvalue weighted by Crippen LogP contribution is -2.43. The summed E-state index contributed by atoms with van der Waals surface area (Å²) in [6, 6.07) is 13.9. The Balaban J connectivity index is 0.000000185. The first-order chi connectivity index (χ1) is 22.5. The van der Waals surface area contributed by atoms with Gasteiger partial charge in [-0.25, -0.2) is 0 Å². The Morgan fingerprint density at radius 1 is 0.915 bits per heavy atom. The molecule has 3 unspecified atom stereocenters. The van der Waals surface area contributed by atoms with E-state index in [1.807, 2.05) is 38.1 Å². The fourth-order valence-corrected chi connectivity index (χ4v) is 6.38. The van der Waals surface area contributed by atoms with Crippen LogP contribution in [0.3, 0.4) is 0 Å². The van der Waals surface area contributed by atoms with Gasteiger partial charge >= 0.3 is 0 Å². The first-order valence-electron chi connectivity index (χ1n) is 15.7. The molecular formula is C38H38O9. The average Bonchev–Trinajstić information content (AvgIpc) is 3.52. The third-order valence-corrected chi connectivity index (χ3v) is 9.00. The van der Waals surface area contributed by atoms with E-state index >= 15 is 0 Å². The van der Waals surface area contributed by atoms with Crippen LogP contribution in [0.4, 0.5) is 0 Å². The third kappa shape index (κ3) is 5.64. The molecule has 7 rings (SSSR count). The molecule has 3 aromatic carbocycles. The van der Waals surface area contributed by atoms with Gasteiger partial charge in [-0.1, -0.05) is 49.8 Å². The molecule has 0 saturated carbocycles. The minimum atomic E-state index is -0.608. The summed E-state index contributed by atoms with van der Waals surface area (Å²) < 4.78 is 29.2. The lowest BCUT2D eigenvalue weighted by atomic mass is 9.81. The van der Waals surface area contributed by atoms with Crippen LogP contribution in [0.5, 0.6) is 28.7 Å². The topological polar surface area (TPSA) is 118 Å². The quantitative estimate of drug-likeness (QED) is 0.236. The van der Waals surface area contributed by atoms with E-state index in [1.165, 1.54) is 0 Å². The Morgan fingerprint density at radius 2 is 1.62 bits per heavy atom. The molecule has 3 aromatic rings. The van der Waals surface area contributed by atoms with Crippen molar-refractivity contribution in [3.8, 4) is 28.7 Å². The second kappa shape index (κ2) is 12.6. The molecule has 9 heteroatoms. The van der Waals surface area contributed by atoms with Gasteiger partial charge in [0, 0.05) is 40.3 Å². The van der Waals surface area contributed by atoms with Gasteiger partial charge in [-0.2, -0.15) is 0 Å². The number of fused-ring (bicyclic) bond motifs is 7. The summed E-state index contributed by atoms with van der Waals surface area (Å²) in [7, 11) is 3.16. The number of Topliss-reactive ketones (excluding diaryl/α,β-unsaturated/α-hetero) is 3. The number of methoxy groups -OCH3 is 2. The SMILES string of the molecule is CC(C)=CCC1=C(O)c2ccccc2C(=O)C1=O.COc1cc2c(cc1OC)C1C(=O)c3ccc4c(c3OC1CO2)CC(C(C)C)O4. The molecule has 0 saturated heterocycles. The van der Waals surface area contributed by atoms with E-state index in [9.17, 15) is 19.5 Å². The van der Waals surface area contributed by atoms with Crippen LogP contribution >= 0.6 is 0 Å². The summed E-state index contributed by atoms with van der Waals surface area (Å²) in [5, 5.41) is 10.1. The number of carbonyl (C=O) groups is 3. The van der Waals surface area contributed by atoms with Gasteiger partial charge in [0.2, 0.25) is 11.6 Å². The van der Waals surface area contributed by atoms with Crippen molar-refractivity contribution >= 4 is 23.1 Å². The molecular weight excluding hydrogens is 600 g/mol. The molecule has 1 N–H and O–H groups in total. The van der Waals surface area contributed by atoms with E-state index in [0.717, 1.165) is 28.9 Å². The van der Waals surface area contributed by atoms with Crippen LogP contribution in [0.25, 0.3) is 5.76 Å². The van der Waals surface area contributed by atoms with Crippen LogP contribution in [-0.4, -0.2) is 55.5 Å². The van der Waals surface area contributed by atoms with Crippen molar-refractivity contribution in [1.29, 1.82) is 0 Å². The first kappa shape index (κ1) is 31.9. The van der Waals surface area contributed by atoms with Crippen molar-refractivity contribution < 1.29 is 43.2 Å². The standard InChI is InChI=1S/C23H24O6.C15H14O3/c1-11(2)16-8-14-15(28-16)6-5-12-22(24)21-13-7-18(25-3)19(26-4)9-17(13)27-10-20(21)29-23(12)14;1-9(2)7-8-12-13(16)10-5-3-4-6-11(10)14(17)15(12)18/h5-7,9,11,16,20-21H,8,10H2,1-4H3;3-7,16H,8H2,1-2H3. The predicted octanol–water partition coefficient (Wildman–Crippen LogP) is 6.86. The molecule has 47 heavy (non-hydrogen) atoms. The third-order valence-electron chi connectivity index (χ3n) is 9.00. The number of rotatable bonds is 5. The second-order valence-electron chi connectivity index (χ2n) is 12.6. The zero-order chi connectivity index (χ0) is 33.6. The lowest BCUT2D eigenvalue weighted by molar-refractivity contribution is -0.112. The Hall–Kier alpha value is -5.05. The summed E-state index contributed by atoms with van der Waals surface area (Å²) in [5.74, 6) is 2.01. The van der Waals surface area contributed by atoms with Crippen molar-refractivity contribution in [1.82, 2.24) is 0 Å². The van der Waals surface area contributed by atoms with Crippen molar-refractivity contribution in [2.24, 2.45) is 5.92 Å². The number of carbonyl (C=O) groups excluding carboxylic acids is 3. The van der Waals surface area contributed by atoms with E-state index in [-0.39, 0.29) is 41.3 Å². The maximum absolute atomic E-state index is 13.5. The molecule has 0 aromatic heterocycles. The maximum Gasteiger partial charge on any atom is 0.234 e. The highest BCUT2D eigenvalue weighted by Gasteiger charge is 2.45. The molecule has 0 radical (unpaired) electrons. The van der Waals surface area contributed by atoms with E-state index < -0.39 is 17.5 Å². The highest BCUT2D eigenvalue weighted by Crippen LogP contribution is 2.50. The Labute approximate surface area is 273 Å². The van der Waals surface area contributed by atoms with E-state index in [0.29, 0.717) is 46.6 Å². The van der Waals surface area contributed by atoms with E-state index in [1.54, 1.807) is 44.6 Å². The number of benzene rings is 3. The Morgan fingerprint density at radius 3 is 2.30 bits per heavy atom. The van der Waals surface area contributed by atoms with Crippen molar-refractivity contribution in [2.75, 3.05) is 20.8 Å². The van der Waals surface area contributed by atoms with Crippen LogP contribution in [0, 0.1) is 5.92 Å². The van der Waals surface area contributed by atoms with Crippen molar-refractivity contribution in [3.05, 3.63) is 93.6 Å². The first-order valence-corrected chi connectivity index (χ1v) is 15.7. The molecule has 3 atom stereocenters. The minimum absolute atomic E-state index is 0.0452. The van der Waals surface area contributed by atoms with Gasteiger partial charge in [-0.3, -0.25) is 14.4 Å². The molecule has 3 aliphatic heterocycles. The molecule has 0 spiro atoms. The Bertz CT molecular complexity index is 1840. The summed E-state index contributed by atoms with van der Waals surface area (Å²) in [6.45, 7) is 8.38. The maximum atomic E-state index is 13.5. The summed E-state index contributed by atoms with van der Waals surface area (Å²) in [5.41, 5.74) is 4.31. The van der Waals surface area contributed by atoms with Gasteiger partial charge in [0.15, 0.2) is 17.3 Å². The second-order valence-corrected chi connectivity index (χ2v) is 12.6. The van der Waals surface area contributed by atoms with Gasteiger partial charge in [-0.15, -0.1) is 0 Å². The van der Waals surface area contributed by atoms with Crippen LogP contribution in [-0.2, 0) is 11.2 Å². The molecule has 0 fully saturated rings. The molecule has 9 nitrogen and oxygen atoms in total. The number of hydrogen-bond donors (Lipinski definition) is 1. The van der Waals surface area contributed by atoms with Crippen LogP contribution in [0.1, 0.15) is 77.4 Å². The van der Waals surface area contributed by atoms with E-state index in [4.69, 9.17) is 23.7 Å². The predicted molar refractivity (Wildman–Crippen MR) is 175 cm³/mol. The lowest BCUT2D eigenvalue weighted by Gasteiger charge is -2.37. The molecule has 0 bridgehead atoms. The minimum Gasteiger partial charge on any atom is -0.507 e. The summed E-state index contributed by atoms with van der Waals surface area (Å²) in [6.07, 6.45) is 2.58. The molecule has 244 valence electrons. The van der Waals surface area contributed by atoms with Gasteiger partial charge in [0.25, 0.3) is 0 Å². The molecule has 4 aliphatic rings. The number of allylic oxidation sites excluding steroid dienone is 3. The van der Waals surface area contributed by atoms with Gasteiger partial charge in [0.1, 0.15) is 41.8 Å². The van der Waals surface area contributed by atoms with Crippen LogP contribution in [0.15, 0.2) is 65.8 Å². The number of hydrogen-bond acceptors (Lipinski definition) is 9. The summed E-state index contributed by atoms with van der Waals surface area (Å²) in [4.78, 5) is 37.4. The van der Waals surface area contributed by atoms with Crippen molar-refractivity contribution in [3.63, 3.8) is 0 Å². The number of aliphatic hydroxyl groups is 1. The van der Waals surface area contributed by atoms with Crippen LogP contribution < -0.4 is 23.7 Å². The normalized spacial score (nSPS) is 20.2. The van der Waals surface area contributed by atoms with Crippen molar-refractivity contribution in [2.45, 2.75) is 58.7 Å². The monoisotopic (exact) mass is 638 g/mol. The van der Waals surface area contributed by atoms with Gasteiger partial charge in [0.05, 0.1) is 25.7 Å². The number of ether oxygens (including phenoxy) is 5. The van der Waals surface area contributed by atoms with Gasteiger partial charge < -0.3 is 28.8 Å². The highest BCUT2D eigenvalue weighted by atomic mass is 16.5. The highest BCUT2D eigenvalue weighted by molar-refractivity contribution is 6.52. The number of ketones is 3. The Kier molecular flexibility index (Phi) is 8.57. The fraction of sp³-hybridized carbons (Fsp3) is 0.342.